The number of hydrogen-bond donors (Lipinski definition) is 0. The molecule has 2 aromatic rings. The van der Waals surface area contributed by atoms with Crippen molar-refractivity contribution >= 4 is 11.8 Å². The predicted molar refractivity (Wildman–Crippen MR) is 98.2 cm³/mol. The minimum Gasteiger partial charge on any atom is -0.268 e. The number of thioether (sulfide) groups is 1. The summed E-state index contributed by atoms with van der Waals surface area (Å²) < 4.78 is 1.52. The second-order valence-electron chi connectivity index (χ2n) is 7.85. The Morgan fingerprint density at radius 3 is 2.13 bits per heavy atom. The van der Waals surface area contributed by atoms with Gasteiger partial charge in [-0.25, -0.2) is 4.68 Å². The Bertz CT molecular complexity index is 719. The monoisotopic (exact) mass is 330 g/mol. The maximum Gasteiger partial charge on any atom is 0.268 e. The van der Waals surface area contributed by atoms with Gasteiger partial charge < -0.3 is 0 Å². The first-order valence-corrected chi connectivity index (χ1v) is 8.88. The molecule has 1 aromatic carbocycles. The molecule has 4 heteroatoms. The molecule has 0 bridgehead atoms. The Morgan fingerprint density at radius 1 is 1.04 bits per heavy atom. The van der Waals surface area contributed by atoms with Crippen LogP contribution in [-0.2, 0) is 16.7 Å². The lowest BCUT2D eigenvalue weighted by Gasteiger charge is -2.20. The van der Waals surface area contributed by atoms with Crippen LogP contribution in [0, 0.1) is 0 Å². The molecule has 0 atom stereocenters. The van der Waals surface area contributed by atoms with E-state index in [1.54, 1.807) is 24.0 Å². The quantitative estimate of drug-likeness (QED) is 0.772. The summed E-state index contributed by atoms with van der Waals surface area (Å²) in [5.74, 6) is 0.838. The lowest BCUT2D eigenvalue weighted by molar-refractivity contribution is 0.336. The highest BCUT2D eigenvalue weighted by Gasteiger charge is 2.16. The molecule has 0 unspecified atom stereocenters. The van der Waals surface area contributed by atoms with Gasteiger partial charge in [0, 0.05) is 16.7 Å². The first-order chi connectivity index (χ1) is 10.6. The van der Waals surface area contributed by atoms with Crippen molar-refractivity contribution in [3.05, 3.63) is 58.0 Å². The van der Waals surface area contributed by atoms with E-state index in [0.29, 0.717) is 0 Å². The Kier molecular flexibility index (Phi) is 5.04. The van der Waals surface area contributed by atoms with E-state index >= 15 is 0 Å². The van der Waals surface area contributed by atoms with Gasteiger partial charge in [0.15, 0.2) is 0 Å². The average molecular weight is 330 g/mol. The van der Waals surface area contributed by atoms with E-state index in [0.717, 1.165) is 10.6 Å². The number of nitrogens with zero attached hydrogens (tertiary/aromatic N) is 2. The van der Waals surface area contributed by atoms with Gasteiger partial charge in [-0.05, 0) is 37.3 Å². The molecule has 23 heavy (non-hydrogen) atoms. The molecule has 0 spiro atoms. The minimum absolute atomic E-state index is 0.0504. The molecule has 0 aliphatic carbocycles. The van der Waals surface area contributed by atoms with Crippen LogP contribution in [0.3, 0.4) is 0 Å². The third kappa shape index (κ3) is 4.71. The summed E-state index contributed by atoms with van der Waals surface area (Å²) in [7, 11) is 0. The van der Waals surface area contributed by atoms with Crippen LogP contribution in [0.15, 0.2) is 46.2 Å². The summed E-state index contributed by atoms with van der Waals surface area (Å²) >= 11 is 1.64. The van der Waals surface area contributed by atoms with Gasteiger partial charge in [-0.15, -0.1) is 11.8 Å². The van der Waals surface area contributed by atoms with Gasteiger partial charge in [0.2, 0.25) is 0 Å². The highest BCUT2D eigenvalue weighted by molar-refractivity contribution is 7.98. The molecule has 0 amide bonds. The Hall–Kier alpha value is -1.55. The molecule has 0 aliphatic heterocycles. The summed E-state index contributed by atoms with van der Waals surface area (Å²) in [6.45, 7) is 12.6. The second-order valence-corrected chi connectivity index (χ2v) is 8.90. The number of aromatic nitrogens is 2. The summed E-state index contributed by atoms with van der Waals surface area (Å²) in [5.41, 5.74) is 2.42. The number of hydrogen-bond acceptors (Lipinski definition) is 3. The molecule has 0 saturated heterocycles. The first kappa shape index (κ1) is 17.8. The van der Waals surface area contributed by atoms with E-state index < -0.39 is 0 Å². The van der Waals surface area contributed by atoms with Crippen LogP contribution in [0.25, 0.3) is 0 Å². The maximum absolute atomic E-state index is 12.1. The minimum atomic E-state index is -0.289. The van der Waals surface area contributed by atoms with Crippen molar-refractivity contribution in [1.82, 2.24) is 9.78 Å². The Labute approximate surface area is 143 Å². The highest BCUT2D eigenvalue weighted by atomic mass is 32.2. The summed E-state index contributed by atoms with van der Waals surface area (Å²) in [5, 5.41) is 4.29. The Balaban J connectivity index is 2.07. The molecule has 0 fully saturated rings. The molecule has 124 valence electrons. The standard InChI is InChI=1S/C19H26N2OS/c1-18(2,3)15-9-7-14(8-10-15)13-23-16-11-17(22)21(20-12-16)19(4,5)6/h7-12H,13H2,1-6H3. The predicted octanol–water partition coefficient (Wildman–Crippen LogP) is 4.59. The highest BCUT2D eigenvalue weighted by Crippen LogP contribution is 2.25. The number of rotatable bonds is 3. The smallest absolute Gasteiger partial charge is 0.268 e. The molecule has 0 saturated carbocycles. The van der Waals surface area contributed by atoms with Gasteiger partial charge >= 0.3 is 0 Å². The van der Waals surface area contributed by atoms with Crippen molar-refractivity contribution in [2.75, 3.05) is 0 Å². The van der Waals surface area contributed by atoms with Crippen LogP contribution in [0.5, 0.6) is 0 Å². The zero-order valence-electron chi connectivity index (χ0n) is 14.9. The molecule has 1 heterocycles. The molecule has 0 N–H and O–H groups in total. The molecule has 3 nitrogen and oxygen atoms in total. The molecule has 1 aromatic heterocycles. The normalized spacial score (nSPS) is 12.4. The van der Waals surface area contributed by atoms with E-state index in [2.05, 4.69) is 50.1 Å². The average Bonchev–Trinajstić information content (AvgIpc) is 2.43. The lowest BCUT2D eigenvalue weighted by Crippen LogP contribution is -2.35. The van der Waals surface area contributed by atoms with E-state index in [-0.39, 0.29) is 16.5 Å². The van der Waals surface area contributed by atoms with Gasteiger partial charge in [0.1, 0.15) is 0 Å². The van der Waals surface area contributed by atoms with Crippen LogP contribution in [0.4, 0.5) is 0 Å². The van der Waals surface area contributed by atoms with Crippen molar-refractivity contribution in [1.29, 1.82) is 0 Å². The number of benzene rings is 1. The second kappa shape index (κ2) is 6.52. The van der Waals surface area contributed by atoms with E-state index in [4.69, 9.17) is 0 Å². The van der Waals surface area contributed by atoms with Crippen LogP contribution in [0.1, 0.15) is 52.7 Å². The largest absolute Gasteiger partial charge is 0.268 e. The van der Waals surface area contributed by atoms with Gasteiger partial charge in [-0.1, -0.05) is 45.0 Å². The lowest BCUT2D eigenvalue weighted by atomic mass is 9.87. The molecule has 0 radical (unpaired) electrons. The zero-order valence-corrected chi connectivity index (χ0v) is 15.7. The van der Waals surface area contributed by atoms with Crippen molar-refractivity contribution in [3.8, 4) is 0 Å². The molecule has 0 aliphatic rings. The van der Waals surface area contributed by atoms with Crippen LogP contribution >= 0.6 is 11.8 Å². The topological polar surface area (TPSA) is 34.9 Å². The fourth-order valence-electron chi connectivity index (χ4n) is 2.24. The first-order valence-electron chi connectivity index (χ1n) is 7.89. The van der Waals surface area contributed by atoms with Gasteiger partial charge in [0.05, 0.1) is 11.7 Å². The maximum atomic E-state index is 12.1. The molecular formula is C19H26N2OS. The Morgan fingerprint density at radius 2 is 1.65 bits per heavy atom. The molecule has 2 rings (SSSR count). The van der Waals surface area contributed by atoms with E-state index in [1.807, 2.05) is 20.8 Å². The van der Waals surface area contributed by atoms with Gasteiger partial charge in [-0.3, -0.25) is 4.79 Å². The van der Waals surface area contributed by atoms with E-state index in [1.165, 1.54) is 15.8 Å². The van der Waals surface area contributed by atoms with Crippen molar-refractivity contribution < 1.29 is 0 Å². The summed E-state index contributed by atoms with van der Waals surface area (Å²) in [6.07, 6.45) is 1.78. The van der Waals surface area contributed by atoms with Crippen LogP contribution < -0.4 is 5.56 Å². The van der Waals surface area contributed by atoms with Gasteiger partial charge in [0.25, 0.3) is 5.56 Å². The fourth-order valence-corrected chi connectivity index (χ4v) is 3.07. The van der Waals surface area contributed by atoms with Crippen molar-refractivity contribution in [3.63, 3.8) is 0 Å². The fraction of sp³-hybridized carbons (Fsp3) is 0.474. The molecular weight excluding hydrogens is 304 g/mol. The van der Waals surface area contributed by atoms with Crippen LogP contribution in [-0.4, -0.2) is 9.78 Å². The van der Waals surface area contributed by atoms with Crippen molar-refractivity contribution in [2.24, 2.45) is 0 Å². The third-order valence-electron chi connectivity index (χ3n) is 3.64. The SMILES string of the molecule is CC(C)(C)c1ccc(CSc2cnn(C(C)(C)C)c(=O)c2)cc1. The van der Waals surface area contributed by atoms with Crippen LogP contribution in [0.2, 0.25) is 0 Å². The van der Waals surface area contributed by atoms with Gasteiger partial charge in [-0.2, -0.15) is 5.10 Å². The zero-order chi connectivity index (χ0) is 17.3. The summed E-state index contributed by atoms with van der Waals surface area (Å²) in [6, 6.07) is 10.4. The summed E-state index contributed by atoms with van der Waals surface area (Å²) in [4.78, 5) is 13.1. The van der Waals surface area contributed by atoms with E-state index in [9.17, 15) is 4.79 Å². The van der Waals surface area contributed by atoms with Crippen molar-refractivity contribution in [2.45, 2.75) is 63.1 Å². The third-order valence-corrected chi connectivity index (χ3v) is 4.67.